The molecule has 1 aliphatic heterocycles. The number of ether oxygens (including phenoxy) is 2. The van der Waals surface area contributed by atoms with Crippen molar-refractivity contribution in [2.75, 3.05) is 36.5 Å². The Morgan fingerprint density at radius 3 is 2.38 bits per heavy atom. The lowest BCUT2D eigenvalue weighted by Gasteiger charge is -2.27. The molecule has 1 N–H and O–H groups in total. The molecule has 3 aromatic rings. The second kappa shape index (κ2) is 8.92. The number of rotatable bonds is 6. The van der Waals surface area contributed by atoms with Crippen LogP contribution in [0.15, 0.2) is 60.7 Å². The van der Waals surface area contributed by atoms with E-state index < -0.39 is 0 Å². The second-order valence-electron chi connectivity index (χ2n) is 7.22. The number of benzene rings is 2. The molecular formula is C23H26N4O2. The van der Waals surface area contributed by atoms with E-state index in [4.69, 9.17) is 19.4 Å². The topological polar surface area (TPSA) is 59.5 Å². The van der Waals surface area contributed by atoms with Gasteiger partial charge in [-0.05, 0) is 38.1 Å². The lowest BCUT2D eigenvalue weighted by Crippen LogP contribution is -2.37. The monoisotopic (exact) mass is 390 g/mol. The smallest absolute Gasteiger partial charge is 0.228 e. The van der Waals surface area contributed by atoms with Gasteiger partial charge in [-0.2, -0.15) is 4.98 Å². The van der Waals surface area contributed by atoms with E-state index in [0.29, 0.717) is 13.2 Å². The van der Waals surface area contributed by atoms with Gasteiger partial charge in [-0.25, -0.2) is 4.98 Å². The summed E-state index contributed by atoms with van der Waals surface area (Å²) >= 11 is 0. The van der Waals surface area contributed by atoms with Crippen LogP contribution in [0.1, 0.15) is 13.8 Å². The second-order valence-corrected chi connectivity index (χ2v) is 7.22. The number of anilines is 3. The highest BCUT2D eigenvalue weighted by Crippen LogP contribution is 2.26. The van der Waals surface area contributed by atoms with Crippen molar-refractivity contribution in [1.82, 2.24) is 9.97 Å². The maximum atomic E-state index is 5.72. The molecule has 4 rings (SSSR count). The fourth-order valence-corrected chi connectivity index (χ4v) is 3.20. The highest BCUT2D eigenvalue weighted by molar-refractivity contribution is 5.67. The van der Waals surface area contributed by atoms with Crippen LogP contribution in [-0.2, 0) is 4.74 Å². The summed E-state index contributed by atoms with van der Waals surface area (Å²) in [6, 6.07) is 20.1. The Morgan fingerprint density at radius 2 is 1.69 bits per heavy atom. The van der Waals surface area contributed by atoms with E-state index in [1.165, 1.54) is 0 Å². The molecule has 0 bridgehead atoms. The summed E-state index contributed by atoms with van der Waals surface area (Å²) < 4.78 is 11.2. The van der Waals surface area contributed by atoms with Crippen LogP contribution in [0.4, 0.5) is 17.5 Å². The summed E-state index contributed by atoms with van der Waals surface area (Å²) in [6.45, 7) is 7.01. The zero-order valence-electron chi connectivity index (χ0n) is 16.8. The van der Waals surface area contributed by atoms with Crippen LogP contribution in [0.2, 0.25) is 0 Å². The van der Waals surface area contributed by atoms with E-state index in [1.807, 2.05) is 62.4 Å². The van der Waals surface area contributed by atoms with Crippen molar-refractivity contribution in [2.45, 2.75) is 20.0 Å². The van der Waals surface area contributed by atoms with Gasteiger partial charge in [0.05, 0.1) is 25.0 Å². The van der Waals surface area contributed by atoms with Gasteiger partial charge in [-0.3, -0.25) is 0 Å². The summed E-state index contributed by atoms with van der Waals surface area (Å²) in [5, 5.41) is 3.41. The molecule has 0 atom stereocenters. The minimum Gasteiger partial charge on any atom is -0.491 e. The maximum absolute atomic E-state index is 5.72. The van der Waals surface area contributed by atoms with Crippen LogP contribution >= 0.6 is 0 Å². The van der Waals surface area contributed by atoms with Crippen LogP contribution < -0.4 is 15.0 Å². The Kier molecular flexibility index (Phi) is 5.91. The molecule has 0 saturated carbocycles. The SMILES string of the molecule is CC(C)Oc1ccc(Nc2cc(-c3ccccc3)nc(N3CCOCC3)n2)cc1. The summed E-state index contributed by atoms with van der Waals surface area (Å²) in [5.74, 6) is 2.34. The van der Waals surface area contributed by atoms with Crippen LogP contribution in [0.5, 0.6) is 5.75 Å². The lowest BCUT2D eigenvalue weighted by atomic mass is 10.1. The molecule has 6 nitrogen and oxygen atoms in total. The average Bonchev–Trinajstić information content (AvgIpc) is 2.76. The van der Waals surface area contributed by atoms with E-state index in [9.17, 15) is 0 Å². The van der Waals surface area contributed by atoms with Crippen molar-refractivity contribution in [3.8, 4) is 17.0 Å². The van der Waals surface area contributed by atoms with Crippen LogP contribution in [0.25, 0.3) is 11.3 Å². The van der Waals surface area contributed by atoms with Crippen molar-refractivity contribution in [2.24, 2.45) is 0 Å². The van der Waals surface area contributed by atoms with Gasteiger partial charge in [0, 0.05) is 30.4 Å². The van der Waals surface area contributed by atoms with Crippen molar-refractivity contribution < 1.29 is 9.47 Å². The van der Waals surface area contributed by atoms with Gasteiger partial charge in [0.1, 0.15) is 11.6 Å². The summed E-state index contributed by atoms with van der Waals surface area (Å²) in [4.78, 5) is 11.7. The van der Waals surface area contributed by atoms with Crippen LogP contribution in [0, 0.1) is 0 Å². The molecular weight excluding hydrogens is 364 g/mol. The van der Waals surface area contributed by atoms with E-state index in [2.05, 4.69) is 22.3 Å². The fraction of sp³-hybridized carbons (Fsp3) is 0.304. The lowest BCUT2D eigenvalue weighted by molar-refractivity contribution is 0.122. The number of hydrogen-bond acceptors (Lipinski definition) is 6. The van der Waals surface area contributed by atoms with Crippen molar-refractivity contribution >= 4 is 17.5 Å². The third kappa shape index (κ3) is 5.03. The van der Waals surface area contributed by atoms with Gasteiger partial charge in [-0.1, -0.05) is 30.3 Å². The normalized spacial score (nSPS) is 14.1. The predicted octanol–water partition coefficient (Wildman–Crippen LogP) is 4.51. The molecule has 0 spiro atoms. The molecule has 0 aliphatic carbocycles. The quantitative estimate of drug-likeness (QED) is 0.668. The molecule has 1 aliphatic rings. The third-order valence-corrected chi connectivity index (χ3v) is 4.58. The molecule has 1 aromatic heterocycles. The molecule has 1 fully saturated rings. The molecule has 29 heavy (non-hydrogen) atoms. The summed E-state index contributed by atoms with van der Waals surface area (Å²) in [6.07, 6.45) is 0.153. The minimum absolute atomic E-state index is 0.153. The molecule has 2 aromatic carbocycles. The molecule has 0 amide bonds. The first-order valence-corrected chi connectivity index (χ1v) is 9.98. The first-order chi connectivity index (χ1) is 14.2. The van der Waals surface area contributed by atoms with Crippen molar-refractivity contribution in [3.63, 3.8) is 0 Å². The molecule has 2 heterocycles. The third-order valence-electron chi connectivity index (χ3n) is 4.58. The van der Waals surface area contributed by atoms with E-state index in [-0.39, 0.29) is 6.10 Å². The first-order valence-electron chi connectivity index (χ1n) is 9.98. The Bertz CT molecular complexity index is 923. The summed E-state index contributed by atoms with van der Waals surface area (Å²) in [5.41, 5.74) is 2.91. The maximum Gasteiger partial charge on any atom is 0.228 e. The number of aromatic nitrogens is 2. The Hall–Kier alpha value is -3.12. The number of nitrogens with one attached hydrogen (secondary N) is 1. The standard InChI is InChI=1S/C23H26N4O2/c1-17(2)29-20-10-8-19(9-11-20)24-22-16-21(18-6-4-3-5-7-18)25-23(26-22)27-12-14-28-15-13-27/h3-11,16-17H,12-15H2,1-2H3,(H,24,25,26). The average molecular weight is 390 g/mol. The van der Waals surface area contributed by atoms with Crippen molar-refractivity contribution in [3.05, 3.63) is 60.7 Å². The molecule has 0 unspecified atom stereocenters. The Labute approximate surface area is 171 Å². The van der Waals surface area contributed by atoms with Gasteiger partial charge in [0.2, 0.25) is 5.95 Å². The van der Waals surface area contributed by atoms with Gasteiger partial charge in [0.25, 0.3) is 0 Å². The van der Waals surface area contributed by atoms with E-state index in [0.717, 1.165) is 47.5 Å². The highest BCUT2D eigenvalue weighted by atomic mass is 16.5. The molecule has 1 saturated heterocycles. The van der Waals surface area contributed by atoms with Crippen molar-refractivity contribution in [1.29, 1.82) is 0 Å². The van der Waals surface area contributed by atoms with Crippen LogP contribution in [0.3, 0.4) is 0 Å². The number of nitrogens with zero attached hydrogens (tertiary/aromatic N) is 3. The van der Waals surface area contributed by atoms with Crippen LogP contribution in [-0.4, -0.2) is 42.4 Å². The summed E-state index contributed by atoms with van der Waals surface area (Å²) in [7, 11) is 0. The minimum atomic E-state index is 0.153. The first kappa shape index (κ1) is 19.2. The van der Waals surface area contributed by atoms with E-state index >= 15 is 0 Å². The fourth-order valence-electron chi connectivity index (χ4n) is 3.20. The van der Waals surface area contributed by atoms with Gasteiger partial charge < -0.3 is 19.7 Å². The highest BCUT2D eigenvalue weighted by Gasteiger charge is 2.16. The zero-order chi connectivity index (χ0) is 20.1. The van der Waals surface area contributed by atoms with Gasteiger partial charge in [0.15, 0.2) is 0 Å². The number of morpholine rings is 1. The number of hydrogen-bond donors (Lipinski definition) is 1. The predicted molar refractivity (Wildman–Crippen MR) is 116 cm³/mol. The Morgan fingerprint density at radius 1 is 0.966 bits per heavy atom. The zero-order valence-corrected chi connectivity index (χ0v) is 16.8. The largest absolute Gasteiger partial charge is 0.491 e. The Balaban J connectivity index is 1.62. The molecule has 150 valence electrons. The van der Waals surface area contributed by atoms with Gasteiger partial charge in [-0.15, -0.1) is 0 Å². The molecule has 6 heteroatoms. The van der Waals surface area contributed by atoms with Gasteiger partial charge >= 0.3 is 0 Å². The van der Waals surface area contributed by atoms with E-state index in [1.54, 1.807) is 0 Å². The molecule has 0 radical (unpaired) electrons.